The van der Waals surface area contributed by atoms with E-state index in [1.807, 2.05) is 14.0 Å². The van der Waals surface area contributed by atoms with Crippen molar-refractivity contribution in [3.8, 4) is 0 Å². The molecule has 1 N–H and O–H groups in total. The predicted octanol–water partition coefficient (Wildman–Crippen LogP) is 2.38. The Hall–Kier alpha value is 0.380. The zero-order chi connectivity index (χ0) is 18.8. The van der Waals surface area contributed by atoms with Crippen LogP contribution in [0.1, 0.15) is 20.8 Å². The largest absolute Gasteiger partial charge is 0.394 e. The van der Waals surface area contributed by atoms with Gasteiger partial charge in [0.05, 0.1) is 25.9 Å². The summed E-state index contributed by atoms with van der Waals surface area (Å²) in [6, 6.07) is 0. The topological polar surface area (TPSA) is 45.2 Å². The van der Waals surface area contributed by atoms with Crippen molar-refractivity contribution in [3.63, 3.8) is 0 Å². The molecule has 0 aromatic heterocycles. The van der Waals surface area contributed by atoms with Gasteiger partial charge >= 0.3 is 0 Å². The summed E-state index contributed by atoms with van der Waals surface area (Å²) >= 11 is 11.1. The van der Waals surface area contributed by atoms with Crippen molar-refractivity contribution in [1.82, 2.24) is 9.80 Å². The van der Waals surface area contributed by atoms with E-state index in [-0.39, 0.29) is 12.7 Å². The second-order valence-corrected chi connectivity index (χ2v) is 7.07. The van der Waals surface area contributed by atoms with E-state index < -0.39 is 0 Å². The standard InChI is InChI=1S/C9H20ClNO.C8H18ClNO2/c1-9(2)8-12-7-6-11(3)5-4-10;1-8(7-11)12-6-5-10(2)4-3-9/h9H,4-8H2,1-3H3;8,11H,3-7H2,1-2H3. The average Bonchev–Trinajstić information content (AvgIpc) is 2.52. The number of halogens is 2. The van der Waals surface area contributed by atoms with Crippen LogP contribution in [-0.2, 0) is 9.47 Å². The Morgan fingerprint density at radius 3 is 1.79 bits per heavy atom. The van der Waals surface area contributed by atoms with Crippen LogP contribution in [0.25, 0.3) is 0 Å². The molecule has 0 aliphatic heterocycles. The summed E-state index contributed by atoms with van der Waals surface area (Å²) in [5, 5.41) is 8.64. The second-order valence-electron chi connectivity index (χ2n) is 6.32. The second kappa shape index (κ2) is 19.7. The van der Waals surface area contributed by atoms with Crippen molar-refractivity contribution >= 4 is 23.2 Å². The monoisotopic (exact) mass is 388 g/mol. The highest BCUT2D eigenvalue weighted by atomic mass is 35.5. The molecule has 5 nitrogen and oxygen atoms in total. The van der Waals surface area contributed by atoms with Gasteiger partial charge in [-0.25, -0.2) is 0 Å². The molecule has 1 unspecified atom stereocenters. The van der Waals surface area contributed by atoms with Crippen molar-refractivity contribution in [3.05, 3.63) is 0 Å². The molecule has 0 bridgehead atoms. The minimum atomic E-state index is -0.0607. The van der Waals surface area contributed by atoms with Crippen LogP contribution in [0, 0.1) is 5.92 Å². The number of rotatable bonds is 14. The first-order valence-electron chi connectivity index (χ1n) is 8.66. The van der Waals surface area contributed by atoms with E-state index in [1.54, 1.807) is 0 Å². The molecule has 0 aliphatic rings. The van der Waals surface area contributed by atoms with Crippen molar-refractivity contribution < 1.29 is 14.6 Å². The molecule has 148 valence electrons. The fourth-order valence-electron chi connectivity index (χ4n) is 1.51. The lowest BCUT2D eigenvalue weighted by atomic mass is 10.2. The van der Waals surface area contributed by atoms with E-state index in [4.69, 9.17) is 37.8 Å². The maximum atomic E-state index is 8.64. The molecular weight excluding hydrogens is 351 g/mol. The zero-order valence-electron chi connectivity index (χ0n) is 16.1. The van der Waals surface area contributed by atoms with Crippen LogP contribution in [0.15, 0.2) is 0 Å². The van der Waals surface area contributed by atoms with Gasteiger partial charge in [-0.2, -0.15) is 0 Å². The van der Waals surface area contributed by atoms with Crippen molar-refractivity contribution in [2.45, 2.75) is 26.9 Å². The van der Waals surface area contributed by atoms with Crippen LogP contribution in [0.4, 0.5) is 0 Å². The maximum Gasteiger partial charge on any atom is 0.0778 e. The van der Waals surface area contributed by atoms with E-state index in [0.717, 1.165) is 39.4 Å². The highest BCUT2D eigenvalue weighted by Crippen LogP contribution is 1.93. The molecule has 0 rings (SSSR count). The molecule has 1 atom stereocenters. The third-order valence-electron chi connectivity index (χ3n) is 3.13. The number of ether oxygens (including phenoxy) is 2. The van der Waals surface area contributed by atoms with Gasteiger partial charge in [0.1, 0.15) is 0 Å². The fourth-order valence-corrected chi connectivity index (χ4v) is 2.09. The molecule has 0 fully saturated rings. The number of hydrogen-bond donors (Lipinski definition) is 1. The lowest BCUT2D eigenvalue weighted by molar-refractivity contribution is 0.0171. The summed E-state index contributed by atoms with van der Waals surface area (Å²) in [4.78, 5) is 4.27. The zero-order valence-corrected chi connectivity index (χ0v) is 17.7. The Morgan fingerprint density at radius 1 is 0.875 bits per heavy atom. The van der Waals surface area contributed by atoms with Crippen molar-refractivity contribution in [1.29, 1.82) is 0 Å². The van der Waals surface area contributed by atoms with Crippen LogP contribution in [-0.4, -0.2) is 99.5 Å². The molecule has 7 heteroatoms. The van der Waals surface area contributed by atoms with Gasteiger partial charge in [0.2, 0.25) is 0 Å². The van der Waals surface area contributed by atoms with Crippen LogP contribution < -0.4 is 0 Å². The van der Waals surface area contributed by atoms with E-state index >= 15 is 0 Å². The predicted molar refractivity (Wildman–Crippen MR) is 105 cm³/mol. The molecule has 0 saturated heterocycles. The van der Waals surface area contributed by atoms with E-state index in [2.05, 4.69) is 30.7 Å². The van der Waals surface area contributed by atoms with Crippen LogP contribution in [0.2, 0.25) is 0 Å². The van der Waals surface area contributed by atoms with Gasteiger partial charge in [0, 0.05) is 44.5 Å². The SMILES string of the molecule is CC(C)COCCN(C)CCCl.CC(CO)OCCN(C)CCCl. The lowest BCUT2D eigenvalue weighted by Gasteiger charge is -2.16. The van der Waals surface area contributed by atoms with E-state index in [9.17, 15) is 0 Å². The minimum Gasteiger partial charge on any atom is -0.394 e. The number of likely N-dealkylation sites (N-methyl/N-ethyl adjacent to an activating group) is 2. The molecule has 0 amide bonds. The smallest absolute Gasteiger partial charge is 0.0778 e. The number of aliphatic hydroxyl groups is 1. The Balaban J connectivity index is 0. The Bertz CT molecular complexity index is 250. The molecule has 0 aliphatic carbocycles. The van der Waals surface area contributed by atoms with E-state index in [0.29, 0.717) is 24.3 Å². The van der Waals surface area contributed by atoms with Gasteiger partial charge in [-0.05, 0) is 26.9 Å². The molecular formula is C17H38Cl2N2O3. The van der Waals surface area contributed by atoms with Gasteiger partial charge in [0.15, 0.2) is 0 Å². The van der Waals surface area contributed by atoms with Crippen LogP contribution in [0.5, 0.6) is 0 Å². The average molecular weight is 389 g/mol. The summed E-state index contributed by atoms with van der Waals surface area (Å²) in [5.74, 6) is 1.97. The number of hydrogen-bond acceptors (Lipinski definition) is 5. The maximum absolute atomic E-state index is 8.64. The molecule has 24 heavy (non-hydrogen) atoms. The van der Waals surface area contributed by atoms with Gasteiger partial charge in [-0.3, -0.25) is 0 Å². The summed E-state index contributed by atoms with van der Waals surface area (Å²) in [5.41, 5.74) is 0. The molecule has 0 heterocycles. The third kappa shape index (κ3) is 22.4. The third-order valence-corrected chi connectivity index (χ3v) is 3.47. The first-order valence-corrected chi connectivity index (χ1v) is 9.73. The quantitative estimate of drug-likeness (QED) is 0.365. The normalized spacial score (nSPS) is 12.6. The summed E-state index contributed by atoms with van der Waals surface area (Å²) < 4.78 is 10.7. The number of aliphatic hydroxyl groups excluding tert-OH is 1. The van der Waals surface area contributed by atoms with Gasteiger partial charge < -0.3 is 24.4 Å². The Kier molecular flexibility index (Phi) is 21.8. The van der Waals surface area contributed by atoms with Gasteiger partial charge in [-0.1, -0.05) is 13.8 Å². The molecule has 0 radical (unpaired) electrons. The van der Waals surface area contributed by atoms with Crippen molar-refractivity contribution in [2.24, 2.45) is 5.92 Å². The fraction of sp³-hybridized carbons (Fsp3) is 1.00. The number of alkyl halides is 2. The van der Waals surface area contributed by atoms with Crippen molar-refractivity contribution in [2.75, 3.05) is 78.5 Å². The number of nitrogens with zero attached hydrogens (tertiary/aromatic N) is 2. The Morgan fingerprint density at radius 2 is 1.38 bits per heavy atom. The highest BCUT2D eigenvalue weighted by Gasteiger charge is 2.01. The Labute approximate surface area is 159 Å². The minimum absolute atomic E-state index is 0.0607. The van der Waals surface area contributed by atoms with Crippen LogP contribution >= 0.6 is 23.2 Å². The lowest BCUT2D eigenvalue weighted by Crippen LogP contribution is -2.27. The first kappa shape index (κ1) is 26.6. The summed E-state index contributed by atoms with van der Waals surface area (Å²) in [7, 11) is 4.05. The summed E-state index contributed by atoms with van der Waals surface area (Å²) in [6.07, 6.45) is -0.0607. The molecule has 0 saturated carbocycles. The summed E-state index contributed by atoms with van der Waals surface area (Å²) in [6.45, 7) is 12.2. The van der Waals surface area contributed by atoms with E-state index in [1.165, 1.54) is 0 Å². The first-order chi connectivity index (χ1) is 11.4. The molecule has 0 aromatic carbocycles. The molecule has 0 spiro atoms. The van der Waals surface area contributed by atoms with Gasteiger partial charge in [-0.15, -0.1) is 23.2 Å². The van der Waals surface area contributed by atoms with Gasteiger partial charge in [0.25, 0.3) is 0 Å². The highest BCUT2D eigenvalue weighted by molar-refractivity contribution is 6.18. The van der Waals surface area contributed by atoms with Crippen LogP contribution in [0.3, 0.4) is 0 Å². The molecule has 0 aromatic rings.